The molecule has 0 aliphatic heterocycles. The highest BCUT2D eigenvalue weighted by atomic mass is 35.5. The number of anilines is 1. The first-order valence-electron chi connectivity index (χ1n) is 7.96. The lowest BCUT2D eigenvalue weighted by atomic mass is 10.2. The number of hydrogen-bond acceptors (Lipinski definition) is 3. The molecule has 0 bridgehead atoms. The Hall–Kier alpha value is -2.63. The van der Waals surface area contributed by atoms with Crippen LogP contribution in [0.5, 0.6) is 0 Å². The molecule has 0 radical (unpaired) electrons. The Kier molecular flexibility index (Phi) is 5.48. The van der Waals surface area contributed by atoms with E-state index in [1.807, 2.05) is 43.3 Å². The van der Waals surface area contributed by atoms with Gasteiger partial charge in [0.15, 0.2) is 5.69 Å². The molecule has 1 aromatic heterocycles. The maximum absolute atomic E-state index is 12.5. The van der Waals surface area contributed by atoms with Gasteiger partial charge in [0.2, 0.25) is 0 Å². The molecule has 1 amide bonds. The van der Waals surface area contributed by atoms with Gasteiger partial charge in [0.05, 0.1) is 12.3 Å². The first kappa shape index (κ1) is 17.2. The van der Waals surface area contributed by atoms with Crippen molar-refractivity contribution in [3.05, 3.63) is 77.1 Å². The summed E-state index contributed by atoms with van der Waals surface area (Å²) in [7, 11) is 0. The molecule has 0 aliphatic rings. The fourth-order valence-electron chi connectivity index (χ4n) is 2.37. The summed E-state index contributed by atoms with van der Waals surface area (Å²) >= 11 is 6.00. The fourth-order valence-corrected chi connectivity index (χ4v) is 2.56. The summed E-state index contributed by atoms with van der Waals surface area (Å²) in [6, 6.07) is 16.5. The van der Waals surface area contributed by atoms with Crippen LogP contribution in [0.25, 0.3) is 5.69 Å². The minimum absolute atomic E-state index is 0.273. The molecule has 1 heterocycles. The van der Waals surface area contributed by atoms with Crippen LogP contribution in [0, 0.1) is 0 Å². The van der Waals surface area contributed by atoms with Crippen molar-refractivity contribution in [3.8, 4) is 5.69 Å². The van der Waals surface area contributed by atoms with E-state index >= 15 is 0 Å². The number of ether oxygens (including phenoxy) is 1. The van der Waals surface area contributed by atoms with E-state index in [2.05, 4.69) is 10.4 Å². The van der Waals surface area contributed by atoms with Gasteiger partial charge in [0.25, 0.3) is 5.91 Å². The van der Waals surface area contributed by atoms with E-state index in [4.69, 9.17) is 16.3 Å². The van der Waals surface area contributed by atoms with Crippen LogP contribution in [0.15, 0.2) is 60.8 Å². The maximum Gasteiger partial charge on any atom is 0.276 e. The third kappa shape index (κ3) is 4.26. The lowest BCUT2D eigenvalue weighted by molar-refractivity contribution is 0.102. The third-order valence-electron chi connectivity index (χ3n) is 3.62. The Balaban J connectivity index is 1.77. The highest BCUT2D eigenvalue weighted by molar-refractivity contribution is 6.30. The third-order valence-corrected chi connectivity index (χ3v) is 3.86. The zero-order valence-electron chi connectivity index (χ0n) is 13.8. The van der Waals surface area contributed by atoms with Gasteiger partial charge in [-0.15, -0.1) is 0 Å². The Morgan fingerprint density at radius 3 is 2.84 bits per heavy atom. The minimum Gasteiger partial charge on any atom is -0.377 e. The van der Waals surface area contributed by atoms with Crippen LogP contribution in [-0.4, -0.2) is 22.3 Å². The number of carbonyl (C=O) groups excluding carboxylic acids is 1. The number of carbonyl (C=O) groups is 1. The van der Waals surface area contributed by atoms with Crippen LogP contribution in [0.1, 0.15) is 23.0 Å². The van der Waals surface area contributed by atoms with E-state index in [0.29, 0.717) is 23.9 Å². The summed E-state index contributed by atoms with van der Waals surface area (Å²) in [5.41, 5.74) is 2.76. The molecule has 25 heavy (non-hydrogen) atoms. The molecule has 3 aromatic rings. The van der Waals surface area contributed by atoms with Crippen molar-refractivity contribution >= 4 is 23.2 Å². The van der Waals surface area contributed by atoms with Crippen LogP contribution in [0.4, 0.5) is 5.69 Å². The van der Waals surface area contributed by atoms with Crippen molar-refractivity contribution in [1.82, 2.24) is 9.78 Å². The van der Waals surface area contributed by atoms with E-state index in [9.17, 15) is 4.79 Å². The molecule has 0 unspecified atom stereocenters. The van der Waals surface area contributed by atoms with Crippen LogP contribution < -0.4 is 5.32 Å². The number of hydrogen-bond donors (Lipinski definition) is 1. The normalized spacial score (nSPS) is 10.6. The summed E-state index contributed by atoms with van der Waals surface area (Å²) in [6.07, 6.45) is 1.73. The van der Waals surface area contributed by atoms with Gasteiger partial charge in [0, 0.05) is 29.1 Å². The molecule has 5 nitrogen and oxygen atoms in total. The zero-order chi connectivity index (χ0) is 17.6. The lowest BCUT2D eigenvalue weighted by Crippen LogP contribution is -2.14. The maximum atomic E-state index is 12.5. The number of benzene rings is 2. The smallest absolute Gasteiger partial charge is 0.276 e. The van der Waals surface area contributed by atoms with Crippen LogP contribution >= 0.6 is 11.6 Å². The largest absolute Gasteiger partial charge is 0.377 e. The zero-order valence-corrected chi connectivity index (χ0v) is 14.5. The summed E-state index contributed by atoms with van der Waals surface area (Å²) < 4.78 is 7.06. The monoisotopic (exact) mass is 355 g/mol. The van der Waals surface area contributed by atoms with Crippen molar-refractivity contribution in [2.75, 3.05) is 11.9 Å². The number of amides is 1. The van der Waals surface area contributed by atoms with Crippen molar-refractivity contribution in [2.45, 2.75) is 13.5 Å². The second-order valence-corrected chi connectivity index (χ2v) is 5.81. The van der Waals surface area contributed by atoms with Gasteiger partial charge in [-0.1, -0.05) is 35.9 Å². The van der Waals surface area contributed by atoms with Gasteiger partial charge in [-0.05, 0) is 37.3 Å². The second-order valence-electron chi connectivity index (χ2n) is 5.37. The van der Waals surface area contributed by atoms with Crippen molar-refractivity contribution in [3.63, 3.8) is 0 Å². The summed E-state index contributed by atoms with van der Waals surface area (Å²) in [5, 5.41) is 7.83. The molecule has 6 heteroatoms. The fraction of sp³-hybridized carbons (Fsp3) is 0.158. The standard InChI is InChI=1S/C19H18ClN3O2/c1-2-25-13-14-6-3-4-9-17(14)21-19(24)18-10-11-23(22-18)16-8-5-7-15(20)12-16/h3-12H,2,13H2,1H3,(H,21,24). The molecule has 0 spiro atoms. The molecule has 128 valence electrons. The van der Waals surface area contributed by atoms with E-state index in [0.717, 1.165) is 16.9 Å². The molecule has 1 N–H and O–H groups in total. The first-order valence-corrected chi connectivity index (χ1v) is 8.34. The van der Waals surface area contributed by atoms with Crippen molar-refractivity contribution in [2.24, 2.45) is 0 Å². The highest BCUT2D eigenvalue weighted by Crippen LogP contribution is 2.18. The number of aromatic nitrogens is 2. The molecule has 0 atom stereocenters. The van der Waals surface area contributed by atoms with E-state index in [1.54, 1.807) is 29.1 Å². The summed E-state index contributed by atoms with van der Waals surface area (Å²) in [4.78, 5) is 12.5. The summed E-state index contributed by atoms with van der Waals surface area (Å²) in [5.74, 6) is -0.273. The average molecular weight is 356 g/mol. The lowest BCUT2D eigenvalue weighted by Gasteiger charge is -2.10. The van der Waals surface area contributed by atoms with Crippen molar-refractivity contribution < 1.29 is 9.53 Å². The van der Waals surface area contributed by atoms with Crippen LogP contribution in [0.3, 0.4) is 0 Å². The topological polar surface area (TPSA) is 56.1 Å². The predicted molar refractivity (Wildman–Crippen MR) is 98.3 cm³/mol. The molecule has 0 fully saturated rings. The van der Waals surface area contributed by atoms with E-state index < -0.39 is 0 Å². The molecule has 0 saturated carbocycles. The van der Waals surface area contributed by atoms with Gasteiger partial charge in [-0.3, -0.25) is 4.79 Å². The first-order chi connectivity index (χ1) is 12.2. The molecule has 0 saturated heterocycles. The Bertz CT molecular complexity index is 876. The molecular weight excluding hydrogens is 338 g/mol. The number of rotatable bonds is 6. The van der Waals surface area contributed by atoms with Gasteiger partial charge < -0.3 is 10.1 Å². The van der Waals surface area contributed by atoms with Crippen molar-refractivity contribution in [1.29, 1.82) is 0 Å². The van der Waals surface area contributed by atoms with Crippen LogP contribution in [0.2, 0.25) is 5.02 Å². The van der Waals surface area contributed by atoms with Gasteiger partial charge in [-0.2, -0.15) is 5.10 Å². The van der Waals surface area contributed by atoms with Gasteiger partial charge in [-0.25, -0.2) is 4.68 Å². The van der Waals surface area contributed by atoms with E-state index in [1.165, 1.54) is 0 Å². The molecule has 3 rings (SSSR count). The average Bonchev–Trinajstić information content (AvgIpc) is 3.11. The predicted octanol–water partition coefficient (Wildman–Crippen LogP) is 4.31. The summed E-state index contributed by atoms with van der Waals surface area (Å²) in [6.45, 7) is 3.00. The second kappa shape index (κ2) is 7.96. The Morgan fingerprint density at radius 1 is 1.20 bits per heavy atom. The molecule has 0 aliphatic carbocycles. The van der Waals surface area contributed by atoms with Crippen LogP contribution in [-0.2, 0) is 11.3 Å². The number of para-hydroxylation sites is 1. The Labute approximate surface area is 151 Å². The van der Waals surface area contributed by atoms with Gasteiger partial charge in [0.1, 0.15) is 0 Å². The van der Waals surface area contributed by atoms with E-state index in [-0.39, 0.29) is 5.91 Å². The van der Waals surface area contributed by atoms with Gasteiger partial charge >= 0.3 is 0 Å². The minimum atomic E-state index is -0.273. The molecule has 2 aromatic carbocycles. The number of halogens is 1. The number of nitrogens with one attached hydrogen (secondary N) is 1. The number of nitrogens with zero attached hydrogens (tertiary/aromatic N) is 2. The molecular formula is C19H18ClN3O2. The highest BCUT2D eigenvalue weighted by Gasteiger charge is 2.12. The quantitative estimate of drug-likeness (QED) is 0.716. The Morgan fingerprint density at radius 2 is 2.04 bits per heavy atom. The SMILES string of the molecule is CCOCc1ccccc1NC(=O)c1ccn(-c2cccc(Cl)c2)n1.